The van der Waals surface area contributed by atoms with Gasteiger partial charge < -0.3 is 5.32 Å². The Bertz CT molecular complexity index is 410. The van der Waals surface area contributed by atoms with Crippen LogP contribution in [0.3, 0.4) is 0 Å². The van der Waals surface area contributed by atoms with Crippen molar-refractivity contribution in [1.29, 1.82) is 0 Å². The molecule has 3 atom stereocenters. The third kappa shape index (κ3) is 3.85. The quantitative estimate of drug-likeness (QED) is 0.863. The Morgan fingerprint density at radius 3 is 2.80 bits per heavy atom. The second-order valence-electron chi connectivity index (χ2n) is 6.47. The molecule has 1 N–H and O–H groups in total. The first-order valence-electron chi connectivity index (χ1n) is 8.36. The van der Waals surface area contributed by atoms with E-state index in [0.29, 0.717) is 6.04 Å². The topological polar surface area (TPSA) is 29.9 Å². The summed E-state index contributed by atoms with van der Waals surface area (Å²) < 4.78 is 2.06. The second-order valence-corrected chi connectivity index (χ2v) is 6.47. The molecule has 2 rings (SSSR count). The summed E-state index contributed by atoms with van der Waals surface area (Å²) in [6.45, 7) is 7.72. The van der Waals surface area contributed by atoms with Crippen LogP contribution in [0.15, 0.2) is 6.07 Å². The minimum absolute atomic E-state index is 0.615. The van der Waals surface area contributed by atoms with Gasteiger partial charge in [-0.1, -0.05) is 33.1 Å². The van der Waals surface area contributed by atoms with Crippen LogP contribution in [0, 0.1) is 18.8 Å². The Morgan fingerprint density at radius 2 is 2.20 bits per heavy atom. The summed E-state index contributed by atoms with van der Waals surface area (Å²) in [5.41, 5.74) is 2.50. The molecule has 20 heavy (non-hydrogen) atoms. The summed E-state index contributed by atoms with van der Waals surface area (Å²) in [4.78, 5) is 0. The van der Waals surface area contributed by atoms with E-state index in [1.54, 1.807) is 0 Å². The van der Waals surface area contributed by atoms with Gasteiger partial charge in [0, 0.05) is 25.2 Å². The summed E-state index contributed by atoms with van der Waals surface area (Å²) in [6, 6.07) is 2.86. The van der Waals surface area contributed by atoms with Crippen LogP contribution in [0.5, 0.6) is 0 Å². The van der Waals surface area contributed by atoms with Crippen LogP contribution in [0.2, 0.25) is 0 Å². The van der Waals surface area contributed by atoms with Gasteiger partial charge in [-0.2, -0.15) is 5.10 Å². The largest absolute Gasteiger partial charge is 0.314 e. The zero-order valence-corrected chi connectivity index (χ0v) is 13.7. The Kier molecular flexibility index (Phi) is 5.64. The number of hydrogen-bond acceptors (Lipinski definition) is 2. The zero-order chi connectivity index (χ0) is 14.5. The molecule has 3 heteroatoms. The van der Waals surface area contributed by atoms with Crippen molar-refractivity contribution in [2.45, 2.75) is 65.3 Å². The number of nitrogens with zero attached hydrogens (tertiary/aromatic N) is 2. The molecule has 114 valence electrons. The van der Waals surface area contributed by atoms with E-state index >= 15 is 0 Å². The van der Waals surface area contributed by atoms with Gasteiger partial charge in [0.15, 0.2) is 0 Å². The van der Waals surface area contributed by atoms with Crippen molar-refractivity contribution in [1.82, 2.24) is 15.1 Å². The molecule has 3 nitrogen and oxygen atoms in total. The van der Waals surface area contributed by atoms with E-state index in [1.165, 1.54) is 37.8 Å². The number of hydrogen-bond donors (Lipinski definition) is 1. The van der Waals surface area contributed by atoms with E-state index in [1.807, 2.05) is 0 Å². The molecule has 0 radical (unpaired) electrons. The standard InChI is InChI=1S/C17H31N3/c1-5-14-8-7-9-15(11-14)17(18-6-2)12-16-10-13(3)19-20(16)4/h10,14-15,17-18H,5-9,11-12H2,1-4H3. The van der Waals surface area contributed by atoms with Crippen LogP contribution in [0.25, 0.3) is 0 Å². The molecule has 1 aliphatic carbocycles. The summed E-state index contributed by atoms with van der Waals surface area (Å²) in [6.07, 6.45) is 8.12. The predicted octanol–water partition coefficient (Wildman–Crippen LogP) is 3.47. The maximum Gasteiger partial charge on any atom is 0.0596 e. The number of nitrogens with one attached hydrogen (secondary N) is 1. The molecule has 1 aliphatic rings. The predicted molar refractivity (Wildman–Crippen MR) is 84.9 cm³/mol. The minimum Gasteiger partial charge on any atom is -0.314 e. The molecule has 1 saturated carbocycles. The number of aromatic nitrogens is 2. The number of rotatable bonds is 6. The Morgan fingerprint density at radius 1 is 1.40 bits per heavy atom. The van der Waals surface area contributed by atoms with Gasteiger partial charge in [-0.15, -0.1) is 0 Å². The van der Waals surface area contributed by atoms with Gasteiger partial charge in [0.05, 0.1) is 5.69 Å². The number of likely N-dealkylation sites (N-methyl/N-ethyl adjacent to an activating group) is 1. The highest BCUT2D eigenvalue weighted by Gasteiger charge is 2.28. The average molecular weight is 277 g/mol. The fourth-order valence-corrected chi connectivity index (χ4v) is 3.82. The molecule has 1 fully saturated rings. The van der Waals surface area contributed by atoms with Crippen LogP contribution < -0.4 is 5.32 Å². The van der Waals surface area contributed by atoms with E-state index in [-0.39, 0.29) is 0 Å². The normalized spacial score (nSPS) is 24.8. The molecule has 1 aromatic heterocycles. The third-order valence-corrected chi connectivity index (χ3v) is 4.96. The molecule has 0 aromatic carbocycles. The third-order valence-electron chi connectivity index (χ3n) is 4.96. The van der Waals surface area contributed by atoms with E-state index in [2.05, 4.69) is 49.0 Å². The van der Waals surface area contributed by atoms with Gasteiger partial charge in [-0.25, -0.2) is 0 Å². The van der Waals surface area contributed by atoms with Crippen LogP contribution in [0.1, 0.15) is 57.3 Å². The molecule has 1 aromatic rings. The molecule has 0 saturated heterocycles. The van der Waals surface area contributed by atoms with Gasteiger partial charge in [-0.05, 0) is 44.2 Å². The lowest BCUT2D eigenvalue weighted by Gasteiger charge is -2.34. The van der Waals surface area contributed by atoms with Crippen LogP contribution in [0.4, 0.5) is 0 Å². The summed E-state index contributed by atoms with van der Waals surface area (Å²) >= 11 is 0. The lowest BCUT2D eigenvalue weighted by atomic mass is 9.76. The zero-order valence-electron chi connectivity index (χ0n) is 13.7. The van der Waals surface area contributed by atoms with Crippen LogP contribution in [-0.4, -0.2) is 22.4 Å². The lowest BCUT2D eigenvalue weighted by molar-refractivity contribution is 0.207. The maximum absolute atomic E-state index is 4.49. The van der Waals surface area contributed by atoms with Gasteiger partial charge in [0.25, 0.3) is 0 Å². The van der Waals surface area contributed by atoms with Gasteiger partial charge in [-0.3, -0.25) is 4.68 Å². The average Bonchev–Trinajstić information content (AvgIpc) is 2.76. The summed E-state index contributed by atoms with van der Waals surface area (Å²) in [5.74, 6) is 1.78. The van der Waals surface area contributed by atoms with Crippen molar-refractivity contribution in [3.63, 3.8) is 0 Å². The van der Waals surface area contributed by atoms with E-state index in [4.69, 9.17) is 0 Å². The monoisotopic (exact) mass is 277 g/mol. The fraction of sp³-hybridized carbons (Fsp3) is 0.824. The van der Waals surface area contributed by atoms with Crippen LogP contribution in [-0.2, 0) is 13.5 Å². The van der Waals surface area contributed by atoms with Crippen molar-refractivity contribution in [3.05, 3.63) is 17.5 Å². The summed E-state index contributed by atoms with van der Waals surface area (Å²) in [5, 5.41) is 8.23. The van der Waals surface area contributed by atoms with E-state index in [9.17, 15) is 0 Å². The second kappa shape index (κ2) is 7.26. The van der Waals surface area contributed by atoms with Crippen molar-refractivity contribution in [2.75, 3.05) is 6.54 Å². The molecule has 0 bridgehead atoms. The highest BCUT2D eigenvalue weighted by Crippen LogP contribution is 2.33. The SMILES string of the molecule is CCNC(Cc1cc(C)nn1C)C1CCCC(CC)C1. The minimum atomic E-state index is 0.615. The van der Waals surface area contributed by atoms with Gasteiger partial charge in [0.1, 0.15) is 0 Å². The van der Waals surface area contributed by atoms with E-state index in [0.717, 1.165) is 30.5 Å². The maximum atomic E-state index is 4.49. The van der Waals surface area contributed by atoms with Crippen LogP contribution >= 0.6 is 0 Å². The van der Waals surface area contributed by atoms with Crippen molar-refractivity contribution in [3.8, 4) is 0 Å². The highest BCUT2D eigenvalue weighted by atomic mass is 15.3. The first kappa shape index (κ1) is 15.6. The first-order chi connectivity index (χ1) is 9.63. The molecular weight excluding hydrogens is 246 g/mol. The first-order valence-corrected chi connectivity index (χ1v) is 8.36. The molecule has 0 spiro atoms. The Labute approximate surface area is 124 Å². The highest BCUT2D eigenvalue weighted by molar-refractivity contribution is 5.10. The Hall–Kier alpha value is -0.830. The molecule has 0 aliphatic heterocycles. The van der Waals surface area contributed by atoms with E-state index < -0.39 is 0 Å². The molecular formula is C17H31N3. The van der Waals surface area contributed by atoms with Gasteiger partial charge >= 0.3 is 0 Å². The smallest absolute Gasteiger partial charge is 0.0596 e. The lowest BCUT2D eigenvalue weighted by Crippen LogP contribution is -2.40. The Balaban J connectivity index is 2.04. The van der Waals surface area contributed by atoms with Crippen molar-refractivity contribution in [2.24, 2.45) is 18.9 Å². The van der Waals surface area contributed by atoms with Gasteiger partial charge in [0.2, 0.25) is 0 Å². The fourth-order valence-electron chi connectivity index (χ4n) is 3.82. The number of aryl methyl sites for hydroxylation is 2. The summed E-state index contributed by atoms with van der Waals surface area (Å²) in [7, 11) is 2.07. The molecule has 1 heterocycles. The molecule has 3 unspecified atom stereocenters. The van der Waals surface area contributed by atoms with Crippen molar-refractivity contribution < 1.29 is 0 Å². The van der Waals surface area contributed by atoms with Crippen molar-refractivity contribution >= 4 is 0 Å². The molecule has 0 amide bonds.